The van der Waals surface area contributed by atoms with Crippen molar-refractivity contribution in [1.29, 1.82) is 0 Å². The number of ether oxygens (including phenoxy) is 1. The van der Waals surface area contributed by atoms with Crippen molar-refractivity contribution in [3.05, 3.63) is 11.8 Å². The summed E-state index contributed by atoms with van der Waals surface area (Å²) in [6.07, 6.45) is 1.80. The fraction of sp³-hybridized carbons (Fsp3) is 0.643. The lowest BCUT2D eigenvalue weighted by molar-refractivity contribution is 0.0732. The van der Waals surface area contributed by atoms with Crippen LogP contribution in [0.1, 0.15) is 30.9 Å². The van der Waals surface area contributed by atoms with Gasteiger partial charge < -0.3 is 25.8 Å². The molecule has 0 spiro atoms. The first-order chi connectivity index (χ1) is 10.6. The molecule has 8 heteroatoms. The second kappa shape index (κ2) is 6.35. The van der Waals surface area contributed by atoms with E-state index in [-0.39, 0.29) is 24.1 Å². The van der Waals surface area contributed by atoms with E-state index >= 15 is 0 Å². The first-order valence-electron chi connectivity index (χ1n) is 7.60. The molecule has 1 amide bonds. The summed E-state index contributed by atoms with van der Waals surface area (Å²) < 4.78 is 4.99. The lowest BCUT2D eigenvalue weighted by atomic mass is 9.80. The SMILES string of the molecule is Nc1nc(NCCN2CCCOC2=O)cc(C2CC(O)C2)n1. The maximum atomic E-state index is 11.5. The van der Waals surface area contributed by atoms with Crippen molar-refractivity contribution in [3.63, 3.8) is 0 Å². The highest BCUT2D eigenvalue weighted by Gasteiger charge is 2.30. The van der Waals surface area contributed by atoms with E-state index < -0.39 is 0 Å². The Morgan fingerprint density at radius 1 is 1.45 bits per heavy atom. The maximum absolute atomic E-state index is 11.5. The Balaban J connectivity index is 1.54. The molecule has 0 aromatic carbocycles. The Bertz CT molecular complexity index is 547. The van der Waals surface area contributed by atoms with Crippen LogP contribution in [0.3, 0.4) is 0 Å². The number of nitrogens with zero attached hydrogens (tertiary/aromatic N) is 3. The van der Waals surface area contributed by atoms with Crippen LogP contribution in [0.4, 0.5) is 16.6 Å². The van der Waals surface area contributed by atoms with E-state index in [1.807, 2.05) is 6.07 Å². The van der Waals surface area contributed by atoms with Crippen molar-refractivity contribution in [2.75, 3.05) is 37.3 Å². The van der Waals surface area contributed by atoms with Gasteiger partial charge in [-0.25, -0.2) is 9.78 Å². The summed E-state index contributed by atoms with van der Waals surface area (Å²) in [6.45, 7) is 2.35. The van der Waals surface area contributed by atoms with E-state index in [9.17, 15) is 9.90 Å². The quantitative estimate of drug-likeness (QED) is 0.728. The number of cyclic esters (lactones) is 1. The number of nitrogens with one attached hydrogen (secondary N) is 1. The summed E-state index contributed by atoms with van der Waals surface area (Å²) in [5.74, 6) is 1.12. The first kappa shape index (κ1) is 14.8. The van der Waals surface area contributed by atoms with Crippen LogP contribution >= 0.6 is 0 Å². The Morgan fingerprint density at radius 3 is 3.00 bits per heavy atom. The highest BCUT2D eigenvalue weighted by molar-refractivity contribution is 5.68. The zero-order chi connectivity index (χ0) is 15.5. The molecule has 3 rings (SSSR count). The Kier molecular flexibility index (Phi) is 4.28. The van der Waals surface area contributed by atoms with Gasteiger partial charge in [-0.2, -0.15) is 4.98 Å². The van der Waals surface area contributed by atoms with Crippen LogP contribution in [0.5, 0.6) is 0 Å². The third kappa shape index (κ3) is 3.38. The van der Waals surface area contributed by atoms with Crippen LogP contribution in [0.25, 0.3) is 0 Å². The smallest absolute Gasteiger partial charge is 0.409 e. The molecular weight excluding hydrogens is 286 g/mol. The third-order valence-electron chi connectivity index (χ3n) is 4.04. The number of hydrogen-bond donors (Lipinski definition) is 3. The topological polar surface area (TPSA) is 114 Å². The van der Waals surface area contributed by atoms with Crippen molar-refractivity contribution >= 4 is 17.9 Å². The summed E-state index contributed by atoms with van der Waals surface area (Å²) in [5, 5.41) is 12.6. The van der Waals surface area contributed by atoms with Gasteiger partial charge in [-0.05, 0) is 19.3 Å². The van der Waals surface area contributed by atoms with E-state index in [1.54, 1.807) is 4.90 Å². The lowest BCUT2D eigenvalue weighted by Gasteiger charge is -2.31. The monoisotopic (exact) mass is 307 g/mol. The van der Waals surface area contributed by atoms with Gasteiger partial charge in [0, 0.05) is 31.6 Å². The molecular formula is C14H21N5O3. The molecule has 2 aliphatic rings. The fourth-order valence-electron chi connectivity index (χ4n) is 2.73. The van der Waals surface area contributed by atoms with Crippen molar-refractivity contribution in [1.82, 2.24) is 14.9 Å². The van der Waals surface area contributed by atoms with Gasteiger partial charge in [0.25, 0.3) is 0 Å². The summed E-state index contributed by atoms with van der Waals surface area (Å²) in [7, 11) is 0. The highest BCUT2D eigenvalue weighted by atomic mass is 16.6. The molecule has 1 aliphatic heterocycles. The minimum atomic E-state index is -0.264. The number of amides is 1. The number of carbonyl (C=O) groups excluding carboxylic acids is 1. The standard InChI is InChI=1S/C14H21N5O3/c15-13-17-11(9-6-10(20)7-9)8-12(18-13)16-2-4-19-3-1-5-22-14(19)21/h8-10,20H,1-7H2,(H3,15,16,17,18). The molecule has 2 fully saturated rings. The summed E-state index contributed by atoms with van der Waals surface area (Å²) >= 11 is 0. The van der Waals surface area contributed by atoms with E-state index in [0.717, 1.165) is 31.5 Å². The molecule has 1 aromatic rings. The predicted octanol–water partition coefficient (Wildman–Crippen LogP) is 0.551. The van der Waals surface area contributed by atoms with Gasteiger partial charge in [0.1, 0.15) is 5.82 Å². The first-order valence-corrected chi connectivity index (χ1v) is 7.60. The number of aromatic nitrogens is 2. The van der Waals surface area contributed by atoms with Gasteiger partial charge in [0.15, 0.2) is 0 Å². The Hall–Kier alpha value is -2.09. The summed E-state index contributed by atoms with van der Waals surface area (Å²) in [5.41, 5.74) is 6.60. The number of nitrogens with two attached hydrogens (primary N) is 1. The van der Waals surface area contributed by atoms with Gasteiger partial charge in [0.05, 0.1) is 18.4 Å². The second-order valence-electron chi connectivity index (χ2n) is 5.74. The molecule has 1 saturated heterocycles. The molecule has 0 radical (unpaired) electrons. The van der Waals surface area contributed by atoms with Gasteiger partial charge in [-0.1, -0.05) is 0 Å². The van der Waals surface area contributed by atoms with E-state index in [4.69, 9.17) is 10.5 Å². The maximum Gasteiger partial charge on any atom is 0.409 e. The van der Waals surface area contributed by atoms with Crippen LogP contribution < -0.4 is 11.1 Å². The average Bonchev–Trinajstić information content (AvgIpc) is 2.45. The molecule has 0 atom stereocenters. The van der Waals surface area contributed by atoms with Gasteiger partial charge in [0.2, 0.25) is 5.95 Å². The molecule has 1 aromatic heterocycles. The summed E-state index contributed by atoms with van der Waals surface area (Å²) in [6, 6.07) is 1.86. The molecule has 8 nitrogen and oxygen atoms in total. The fourth-order valence-corrected chi connectivity index (χ4v) is 2.73. The average molecular weight is 307 g/mol. The highest BCUT2D eigenvalue weighted by Crippen LogP contribution is 2.36. The largest absolute Gasteiger partial charge is 0.449 e. The third-order valence-corrected chi connectivity index (χ3v) is 4.04. The Labute approximate surface area is 128 Å². The van der Waals surface area contributed by atoms with Crippen LogP contribution in [0, 0.1) is 0 Å². The lowest BCUT2D eigenvalue weighted by Crippen LogP contribution is -2.40. The molecule has 120 valence electrons. The molecule has 2 heterocycles. The number of aliphatic hydroxyl groups is 1. The van der Waals surface area contributed by atoms with Gasteiger partial charge >= 0.3 is 6.09 Å². The van der Waals surface area contributed by atoms with E-state index in [1.165, 1.54) is 0 Å². The molecule has 0 bridgehead atoms. The van der Waals surface area contributed by atoms with Gasteiger partial charge in [-0.3, -0.25) is 0 Å². The summed E-state index contributed by atoms with van der Waals surface area (Å²) in [4.78, 5) is 21.6. The number of rotatable bonds is 5. The minimum Gasteiger partial charge on any atom is -0.449 e. The van der Waals surface area contributed by atoms with E-state index in [2.05, 4.69) is 15.3 Å². The second-order valence-corrected chi connectivity index (χ2v) is 5.74. The molecule has 1 aliphatic carbocycles. The van der Waals surface area contributed by atoms with Crippen LogP contribution in [0.15, 0.2) is 6.07 Å². The number of nitrogen functional groups attached to an aromatic ring is 1. The van der Waals surface area contributed by atoms with Crippen molar-refractivity contribution in [2.45, 2.75) is 31.3 Å². The number of carbonyl (C=O) groups is 1. The zero-order valence-corrected chi connectivity index (χ0v) is 12.4. The Morgan fingerprint density at radius 2 is 2.27 bits per heavy atom. The predicted molar refractivity (Wildman–Crippen MR) is 80.5 cm³/mol. The molecule has 0 unspecified atom stereocenters. The zero-order valence-electron chi connectivity index (χ0n) is 12.4. The number of aliphatic hydroxyl groups excluding tert-OH is 1. The van der Waals surface area contributed by atoms with Crippen molar-refractivity contribution in [3.8, 4) is 0 Å². The van der Waals surface area contributed by atoms with E-state index in [0.29, 0.717) is 25.5 Å². The van der Waals surface area contributed by atoms with Crippen LogP contribution in [0.2, 0.25) is 0 Å². The molecule has 1 saturated carbocycles. The molecule has 4 N–H and O–H groups in total. The van der Waals surface area contributed by atoms with Crippen molar-refractivity contribution in [2.24, 2.45) is 0 Å². The van der Waals surface area contributed by atoms with Crippen LogP contribution in [-0.2, 0) is 4.74 Å². The van der Waals surface area contributed by atoms with Gasteiger partial charge in [-0.15, -0.1) is 0 Å². The molecule has 22 heavy (non-hydrogen) atoms. The normalized spacial score (nSPS) is 24.6. The van der Waals surface area contributed by atoms with Crippen LogP contribution in [-0.4, -0.2) is 58.4 Å². The van der Waals surface area contributed by atoms with Crippen molar-refractivity contribution < 1.29 is 14.6 Å². The minimum absolute atomic E-state index is 0.221. The number of anilines is 2. The number of hydrogen-bond acceptors (Lipinski definition) is 7.